The Labute approximate surface area is 138 Å². The van der Waals surface area contributed by atoms with E-state index in [4.69, 9.17) is 4.98 Å². The molecule has 0 saturated carbocycles. The summed E-state index contributed by atoms with van der Waals surface area (Å²) in [6.07, 6.45) is 2.91. The van der Waals surface area contributed by atoms with Gasteiger partial charge >= 0.3 is 0 Å². The molecule has 0 amide bonds. The van der Waals surface area contributed by atoms with E-state index in [1.54, 1.807) is 0 Å². The number of anilines is 1. The van der Waals surface area contributed by atoms with Crippen molar-refractivity contribution >= 4 is 22.5 Å². The van der Waals surface area contributed by atoms with Crippen LogP contribution in [0.1, 0.15) is 19.2 Å². The molecule has 0 aliphatic heterocycles. The predicted molar refractivity (Wildman–Crippen MR) is 91.9 cm³/mol. The van der Waals surface area contributed by atoms with Crippen LogP contribution in [0.5, 0.6) is 0 Å². The van der Waals surface area contributed by atoms with Gasteiger partial charge in [0.1, 0.15) is 16.9 Å². The molecule has 0 unspecified atom stereocenters. The first kappa shape index (κ1) is 14.6. The van der Waals surface area contributed by atoms with Crippen LogP contribution in [0.4, 0.5) is 5.82 Å². The van der Waals surface area contributed by atoms with Crippen molar-refractivity contribution in [3.8, 4) is 11.3 Å². The van der Waals surface area contributed by atoms with Crippen molar-refractivity contribution in [1.29, 1.82) is 0 Å². The molecule has 1 N–H and O–H groups in total. The van der Waals surface area contributed by atoms with Gasteiger partial charge in [-0.2, -0.15) is 5.10 Å². The predicted octanol–water partition coefficient (Wildman–Crippen LogP) is 2.30. The molecule has 0 spiro atoms. The van der Waals surface area contributed by atoms with E-state index < -0.39 is 0 Å². The van der Waals surface area contributed by atoms with E-state index >= 15 is 0 Å². The van der Waals surface area contributed by atoms with Gasteiger partial charge in [0.2, 0.25) is 0 Å². The van der Waals surface area contributed by atoms with Crippen LogP contribution in [0, 0.1) is 6.92 Å². The smallest absolute Gasteiger partial charge is 0.179 e. The fourth-order valence-corrected chi connectivity index (χ4v) is 2.88. The molecule has 4 heterocycles. The van der Waals surface area contributed by atoms with Crippen molar-refractivity contribution in [3.63, 3.8) is 0 Å². The second-order valence-electron chi connectivity index (χ2n) is 5.63. The Morgan fingerprint density at radius 3 is 2.83 bits per heavy atom. The van der Waals surface area contributed by atoms with E-state index in [0.717, 1.165) is 46.7 Å². The molecule has 4 aromatic rings. The summed E-state index contributed by atoms with van der Waals surface area (Å²) in [5.74, 6) is 1.49. The van der Waals surface area contributed by atoms with Crippen molar-refractivity contribution in [2.45, 2.75) is 26.8 Å². The molecule has 0 saturated heterocycles. The van der Waals surface area contributed by atoms with Gasteiger partial charge in [-0.15, -0.1) is 5.10 Å². The highest BCUT2D eigenvalue weighted by Crippen LogP contribution is 2.29. The summed E-state index contributed by atoms with van der Waals surface area (Å²) in [7, 11) is 1.86. The highest BCUT2D eigenvalue weighted by atomic mass is 15.4. The van der Waals surface area contributed by atoms with Crippen LogP contribution in [0.2, 0.25) is 0 Å². The van der Waals surface area contributed by atoms with Crippen molar-refractivity contribution in [3.05, 3.63) is 30.2 Å². The van der Waals surface area contributed by atoms with Crippen molar-refractivity contribution in [2.75, 3.05) is 12.4 Å². The summed E-state index contributed by atoms with van der Waals surface area (Å²) in [6, 6.07) is 5.92. The van der Waals surface area contributed by atoms with E-state index in [2.05, 4.69) is 32.6 Å². The quantitative estimate of drug-likeness (QED) is 0.620. The maximum atomic E-state index is 4.79. The molecule has 0 radical (unpaired) electrons. The fraction of sp³-hybridized carbons (Fsp3) is 0.312. The SMILES string of the molecule is CCCn1nnc2ccc(-c3ccn4nc(C)nc(NC)c34)nc21. The van der Waals surface area contributed by atoms with Crippen molar-refractivity contribution < 1.29 is 0 Å². The van der Waals surface area contributed by atoms with E-state index in [1.165, 1.54) is 0 Å². The summed E-state index contributed by atoms with van der Waals surface area (Å²) in [5, 5.41) is 15.9. The third-order valence-corrected chi connectivity index (χ3v) is 3.92. The van der Waals surface area contributed by atoms with Gasteiger partial charge in [-0.25, -0.2) is 19.2 Å². The molecule has 0 aliphatic carbocycles. The normalized spacial score (nSPS) is 11.5. The minimum Gasteiger partial charge on any atom is -0.371 e. The van der Waals surface area contributed by atoms with Gasteiger partial charge in [-0.1, -0.05) is 12.1 Å². The monoisotopic (exact) mass is 322 g/mol. The summed E-state index contributed by atoms with van der Waals surface area (Å²) >= 11 is 0. The Morgan fingerprint density at radius 1 is 1.17 bits per heavy atom. The van der Waals surface area contributed by atoms with Crippen molar-refractivity contribution in [2.24, 2.45) is 0 Å². The van der Waals surface area contributed by atoms with Crippen LogP contribution in [-0.4, -0.2) is 41.6 Å². The molecular formula is C16H18N8. The first-order valence-corrected chi connectivity index (χ1v) is 7.95. The molecule has 0 fully saturated rings. The zero-order valence-electron chi connectivity index (χ0n) is 13.9. The summed E-state index contributed by atoms with van der Waals surface area (Å²) in [6.45, 7) is 4.78. The van der Waals surface area contributed by atoms with Crippen LogP contribution in [0.3, 0.4) is 0 Å². The summed E-state index contributed by atoms with van der Waals surface area (Å²) < 4.78 is 3.67. The van der Waals surface area contributed by atoms with Gasteiger partial charge in [0, 0.05) is 25.4 Å². The Bertz CT molecular complexity index is 1030. The van der Waals surface area contributed by atoms with Gasteiger partial charge in [0.25, 0.3) is 0 Å². The number of hydrogen-bond donors (Lipinski definition) is 1. The Balaban J connectivity index is 1.94. The Hall–Kier alpha value is -3.03. The molecule has 0 aliphatic rings. The zero-order chi connectivity index (χ0) is 16.7. The highest BCUT2D eigenvalue weighted by molar-refractivity contribution is 5.88. The highest BCUT2D eigenvalue weighted by Gasteiger charge is 2.15. The number of hydrogen-bond acceptors (Lipinski definition) is 6. The lowest BCUT2D eigenvalue weighted by Crippen LogP contribution is -2.03. The molecule has 0 bridgehead atoms. The van der Waals surface area contributed by atoms with Crippen LogP contribution >= 0.6 is 0 Å². The number of aryl methyl sites for hydroxylation is 2. The average molecular weight is 322 g/mol. The van der Waals surface area contributed by atoms with Gasteiger partial charge in [-0.05, 0) is 31.5 Å². The minimum atomic E-state index is 0.711. The van der Waals surface area contributed by atoms with Crippen LogP contribution < -0.4 is 5.32 Å². The number of rotatable bonds is 4. The van der Waals surface area contributed by atoms with Gasteiger partial charge in [0.15, 0.2) is 11.5 Å². The maximum absolute atomic E-state index is 4.79. The van der Waals surface area contributed by atoms with E-state index in [-0.39, 0.29) is 0 Å². The van der Waals surface area contributed by atoms with Crippen molar-refractivity contribution in [1.82, 2.24) is 34.6 Å². The summed E-state index contributed by atoms with van der Waals surface area (Å²) in [4.78, 5) is 9.26. The van der Waals surface area contributed by atoms with Gasteiger partial charge in [-0.3, -0.25) is 0 Å². The molecule has 8 heteroatoms. The van der Waals surface area contributed by atoms with Crippen LogP contribution in [0.15, 0.2) is 24.4 Å². The lowest BCUT2D eigenvalue weighted by Gasteiger charge is -2.07. The molecule has 8 nitrogen and oxygen atoms in total. The lowest BCUT2D eigenvalue weighted by molar-refractivity contribution is 0.591. The lowest BCUT2D eigenvalue weighted by atomic mass is 10.2. The van der Waals surface area contributed by atoms with E-state index in [0.29, 0.717) is 5.82 Å². The van der Waals surface area contributed by atoms with E-state index in [1.807, 2.05) is 47.6 Å². The molecule has 0 aromatic carbocycles. The van der Waals surface area contributed by atoms with Gasteiger partial charge < -0.3 is 5.32 Å². The molecule has 122 valence electrons. The number of pyridine rings is 1. The average Bonchev–Trinajstić information content (AvgIpc) is 3.18. The molecule has 0 atom stereocenters. The number of aromatic nitrogens is 7. The second kappa shape index (κ2) is 5.55. The largest absolute Gasteiger partial charge is 0.371 e. The maximum Gasteiger partial charge on any atom is 0.179 e. The minimum absolute atomic E-state index is 0.711. The number of nitrogens with one attached hydrogen (secondary N) is 1. The Kier molecular flexibility index (Phi) is 3.37. The van der Waals surface area contributed by atoms with Crippen LogP contribution in [-0.2, 0) is 6.54 Å². The third-order valence-electron chi connectivity index (χ3n) is 3.92. The fourth-order valence-electron chi connectivity index (χ4n) is 2.88. The number of fused-ring (bicyclic) bond motifs is 2. The van der Waals surface area contributed by atoms with Gasteiger partial charge in [0.05, 0.1) is 5.69 Å². The van der Waals surface area contributed by atoms with Crippen LogP contribution in [0.25, 0.3) is 27.9 Å². The molecule has 24 heavy (non-hydrogen) atoms. The molecular weight excluding hydrogens is 304 g/mol. The third kappa shape index (κ3) is 2.18. The first-order chi connectivity index (χ1) is 11.7. The number of nitrogens with zero attached hydrogens (tertiary/aromatic N) is 7. The van der Waals surface area contributed by atoms with E-state index in [9.17, 15) is 0 Å². The second-order valence-corrected chi connectivity index (χ2v) is 5.63. The molecule has 4 rings (SSSR count). The Morgan fingerprint density at radius 2 is 2.04 bits per heavy atom. The molecule has 4 aromatic heterocycles. The standard InChI is InChI=1S/C16H18N8/c1-4-8-24-16-13(20-22-24)6-5-12(19-16)11-7-9-23-14(11)15(17-3)18-10(2)21-23/h5-7,9H,4,8H2,1-3H3,(H,17,18,21). The topological polar surface area (TPSA) is 85.8 Å². The summed E-state index contributed by atoms with van der Waals surface area (Å²) in [5.41, 5.74) is 4.34. The zero-order valence-corrected chi connectivity index (χ0v) is 13.9. The first-order valence-electron chi connectivity index (χ1n) is 7.95.